The molecule has 2 aromatic rings. The van der Waals surface area contributed by atoms with Gasteiger partial charge in [0.25, 0.3) is 0 Å². The van der Waals surface area contributed by atoms with Crippen LogP contribution in [0.1, 0.15) is 36.8 Å². The number of carbonyl (C=O) groups excluding carboxylic acids is 1. The molecule has 2 N–H and O–H groups in total. The fourth-order valence-corrected chi connectivity index (χ4v) is 5.45. The van der Waals surface area contributed by atoms with Crippen molar-refractivity contribution < 1.29 is 10.0 Å². The van der Waals surface area contributed by atoms with E-state index in [2.05, 4.69) is 33.0 Å². The summed E-state index contributed by atoms with van der Waals surface area (Å²) in [6.07, 6.45) is 0.968. The Hall–Kier alpha value is -2.11. The van der Waals surface area contributed by atoms with Gasteiger partial charge in [0, 0.05) is 27.0 Å². The largest absolute Gasteiger partial charge is 0.411 e. The third-order valence-corrected chi connectivity index (χ3v) is 6.75. The van der Waals surface area contributed by atoms with Crippen LogP contribution in [0.2, 0.25) is 5.02 Å². The van der Waals surface area contributed by atoms with Crippen LogP contribution in [0.25, 0.3) is 0 Å². The molecule has 4 nitrogen and oxygen atoms in total. The summed E-state index contributed by atoms with van der Waals surface area (Å²) in [6, 6.07) is 13.5. The predicted molar refractivity (Wildman–Crippen MR) is 115 cm³/mol. The molecular formula is C22H20BrClN2O2. The highest BCUT2D eigenvalue weighted by atomic mass is 79.9. The molecule has 1 spiro atoms. The fourth-order valence-electron chi connectivity index (χ4n) is 4.89. The summed E-state index contributed by atoms with van der Waals surface area (Å²) in [4.78, 5) is 13.6. The Morgan fingerprint density at radius 1 is 1.32 bits per heavy atom. The third-order valence-electron chi connectivity index (χ3n) is 6.02. The van der Waals surface area contributed by atoms with Gasteiger partial charge in [-0.05, 0) is 55.2 Å². The fraction of sp³-hybridized carbons (Fsp3) is 0.273. The summed E-state index contributed by atoms with van der Waals surface area (Å²) in [5.74, 6) is -0.468. The molecule has 2 aromatic carbocycles. The molecule has 144 valence electrons. The Balaban J connectivity index is 2.02. The highest BCUT2D eigenvalue weighted by Crippen LogP contribution is 2.58. The molecule has 3 atom stereocenters. The number of rotatable bonds is 2. The lowest BCUT2D eigenvalue weighted by molar-refractivity contribution is -0.123. The van der Waals surface area contributed by atoms with Crippen molar-refractivity contribution in [1.82, 2.24) is 0 Å². The van der Waals surface area contributed by atoms with Crippen LogP contribution < -0.4 is 5.32 Å². The molecule has 1 aliphatic carbocycles. The Labute approximate surface area is 177 Å². The zero-order valence-electron chi connectivity index (χ0n) is 15.4. The topological polar surface area (TPSA) is 61.7 Å². The normalized spacial score (nSPS) is 27.7. The van der Waals surface area contributed by atoms with Gasteiger partial charge in [0.05, 0.1) is 11.1 Å². The van der Waals surface area contributed by atoms with Gasteiger partial charge in [-0.15, -0.1) is 0 Å². The van der Waals surface area contributed by atoms with Crippen LogP contribution >= 0.6 is 27.5 Å². The van der Waals surface area contributed by atoms with E-state index in [1.807, 2.05) is 49.4 Å². The van der Waals surface area contributed by atoms with Crippen LogP contribution in [0.4, 0.5) is 5.69 Å². The molecule has 1 fully saturated rings. The first kappa shape index (κ1) is 19.2. The molecule has 6 heteroatoms. The van der Waals surface area contributed by atoms with E-state index in [1.165, 1.54) is 0 Å². The van der Waals surface area contributed by atoms with Gasteiger partial charge < -0.3 is 10.5 Å². The highest BCUT2D eigenvalue weighted by molar-refractivity contribution is 9.10. The molecule has 4 rings (SSSR count). The van der Waals surface area contributed by atoms with Gasteiger partial charge in [0.15, 0.2) is 0 Å². The standard InChI is InChI=1S/C22H20BrClN2O2/c1-12(2)18-10-16(26-28)11-19(13-4-3-5-15(24)8-13)22(18)17-7-6-14(23)9-20(17)25-21(22)27/h3-9,18-19,28H,1,10-11H2,2H3,(H,25,27)/t18-,19+,22-/m1/s1. The van der Waals surface area contributed by atoms with E-state index in [9.17, 15) is 10.0 Å². The predicted octanol–water partition coefficient (Wildman–Crippen LogP) is 5.89. The second-order valence-electron chi connectivity index (χ2n) is 7.59. The SMILES string of the molecule is C=C(C)[C@H]1CC(=NO)C[C@@H](c2cccc(Cl)c2)[C@]12C(=O)Nc1cc(Br)ccc12. The summed E-state index contributed by atoms with van der Waals surface area (Å²) in [5, 5.41) is 16.8. The number of nitrogens with one attached hydrogen (secondary N) is 1. The van der Waals surface area contributed by atoms with E-state index in [-0.39, 0.29) is 17.7 Å². The molecule has 1 amide bonds. The average molecular weight is 460 g/mol. The summed E-state index contributed by atoms with van der Waals surface area (Å²) >= 11 is 9.78. The first-order valence-electron chi connectivity index (χ1n) is 9.10. The number of anilines is 1. The van der Waals surface area contributed by atoms with Crippen molar-refractivity contribution >= 4 is 44.8 Å². The number of benzene rings is 2. The lowest BCUT2D eigenvalue weighted by Crippen LogP contribution is -2.51. The molecule has 0 unspecified atom stereocenters. The maximum absolute atomic E-state index is 13.6. The maximum atomic E-state index is 13.6. The Morgan fingerprint density at radius 2 is 2.11 bits per heavy atom. The lowest BCUT2D eigenvalue weighted by atomic mass is 9.54. The van der Waals surface area contributed by atoms with Crippen molar-refractivity contribution in [3.63, 3.8) is 0 Å². The first-order chi connectivity index (χ1) is 13.4. The highest BCUT2D eigenvalue weighted by Gasteiger charge is 2.60. The average Bonchev–Trinajstić information content (AvgIpc) is 2.93. The van der Waals surface area contributed by atoms with Crippen molar-refractivity contribution in [2.24, 2.45) is 11.1 Å². The van der Waals surface area contributed by atoms with Crippen LogP contribution in [0.3, 0.4) is 0 Å². The van der Waals surface area contributed by atoms with Crippen LogP contribution in [-0.4, -0.2) is 16.8 Å². The van der Waals surface area contributed by atoms with E-state index in [1.54, 1.807) is 0 Å². The molecule has 0 bridgehead atoms. The van der Waals surface area contributed by atoms with E-state index in [0.29, 0.717) is 23.6 Å². The van der Waals surface area contributed by atoms with Crippen molar-refractivity contribution in [2.45, 2.75) is 31.1 Å². The second-order valence-corrected chi connectivity index (χ2v) is 8.95. The van der Waals surface area contributed by atoms with Gasteiger partial charge in [-0.2, -0.15) is 0 Å². The first-order valence-corrected chi connectivity index (χ1v) is 10.3. The zero-order valence-corrected chi connectivity index (χ0v) is 17.7. The number of carbonyl (C=O) groups is 1. The summed E-state index contributed by atoms with van der Waals surface area (Å²) in [7, 11) is 0. The number of hydrogen-bond donors (Lipinski definition) is 2. The minimum absolute atomic E-state index is 0.0458. The number of allylic oxidation sites excluding steroid dienone is 1. The van der Waals surface area contributed by atoms with Crippen molar-refractivity contribution in [3.8, 4) is 0 Å². The molecule has 2 aliphatic rings. The molecule has 1 heterocycles. The minimum atomic E-state index is -0.833. The van der Waals surface area contributed by atoms with Crippen molar-refractivity contribution in [3.05, 3.63) is 75.2 Å². The van der Waals surface area contributed by atoms with Crippen molar-refractivity contribution in [1.29, 1.82) is 0 Å². The third kappa shape index (κ3) is 2.80. The van der Waals surface area contributed by atoms with Gasteiger partial charge in [-0.25, -0.2) is 0 Å². The van der Waals surface area contributed by atoms with Crippen LogP contribution in [0, 0.1) is 5.92 Å². The van der Waals surface area contributed by atoms with E-state index < -0.39 is 5.41 Å². The Morgan fingerprint density at radius 3 is 2.79 bits per heavy atom. The molecule has 1 aliphatic heterocycles. The lowest BCUT2D eigenvalue weighted by Gasteiger charge is -2.46. The van der Waals surface area contributed by atoms with E-state index in [4.69, 9.17) is 11.6 Å². The molecule has 1 saturated carbocycles. The van der Waals surface area contributed by atoms with Crippen LogP contribution in [0.15, 0.2) is 64.2 Å². The Bertz CT molecular complexity index is 1020. The molecule has 28 heavy (non-hydrogen) atoms. The molecule has 0 saturated heterocycles. The maximum Gasteiger partial charge on any atom is 0.236 e. The van der Waals surface area contributed by atoms with Crippen LogP contribution in [-0.2, 0) is 10.2 Å². The number of nitrogens with zero attached hydrogens (tertiary/aromatic N) is 1. The Kier molecular flexibility index (Phi) is 4.84. The summed E-state index contributed by atoms with van der Waals surface area (Å²) < 4.78 is 0.906. The smallest absolute Gasteiger partial charge is 0.236 e. The number of hydrogen-bond acceptors (Lipinski definition) is 3. The van der Waals surface area contributed by atoms with Crippen LogP contribution in [0.5, 0.6) is 0 Å². The van der Waals surface area contributed by atoms with E-state index in [0.717, 1.165) is 26.9 Å². The monoisotopic (exact) mass is 458 g/mol. The molecular weight excluding hydrogens is 440 g/mol. The quantitative estimate of drug-likeness (QED) is 0.334. The summed E-state index contributed by atoms with van der Waals surface area (Å²) in [5.41, 5.74) is 3.43. The van der Waals surface area contributed by atoms with Gasteiger partial charge in [-0.3, -0.25) is 4.79 Å². The van der Waals surface area contributed by atoms with Gasteiger partial charge in [0.1, 0.15) is 0 Å². The molecule has 0 radical (unpaired) electrons. The van der Waals surface area contributed by atoms with Gasteiger partial charge in [-0.1, -0.05) is 63.0 Å². The number of amides is 1. The van der Waals surface area contributed by atoms with Gasteiger partial charge in [0.2, 0.25) is 5.91 Å². The minimum Gasteiger partial charge on any atom is -0.411 e. The number of halogens is 2. The van der Waals surface area contributed by atoms with Crippen molar-refractivity contribution in [2.75, 3.05) is 5.32 Å². The number of oxime groups is 1. The second kappa shape index (κ2) is 7.05. The summed E-state index contributed by atoms with van der Waals surface area (Å²) in [6.45, 7) is 6.12. The van der Waals surface area contributed by atoms with Gasteiger partial charge >= 0.3 is 0 Å². The molecule has 0 aromatic heterocycles. The zero-order chi connectivity index (χ0) is 20.1. The number of fused-ring (bicyclic) bond motifs is 2. The van der Waals surface area contributed by atoms with E-state index >= 15 is 0 Å².